The van der Waals surface area contributed by atoms with Crippen LogP contribution in [0.15, 0.2) is 14.7 Å². The summed E-state index contributed by atoms with van der Waals surface area (Å²) in [5.41, 5.74) is 5.36. The van der Waals surface area contributed by atoms with E-state index in [1.807, 2.05) is 0 Å². The van der Waals surface area contributed by atoms with Crippen LogP contribution in [0.2, 0.25) is 0 Å². The maximum absolute atomic E-state index is 11.8. The van der Waals surface area contributed by atoms with Crippen LogP contribution in [0.3, 0.4) is 0 Å². The van der Waals surface area contributed by atoms with Gasteiger partial charge >= 0.3 is 5.69 Å². The van der Waals surface area contributed by atoms with E-state index in [2.05, 4.69) is 9.97 Å². The van der Waals surface area contributed by atoms with Crippen LogP contribution in [0.4, 0.5) is 0 Å². The Kier molecular flexibility index (Phi) is 3.07. The normalized spacial score (nSPS) is 11.2. The summed E-state index contributed by atoms with van der Waals surface area (Å²) in [4.78, 5) is 30.6. The van der Waals surface area contributed by atoms with Crippen LogP contribution in [-0.4, -0.2) is 31.4 Å². The molecule has 0 atom stereocenters. The Morgan fingerprint density at radius 3 is 2.71 bits per heavy atom. The predicted octanol–water partition coefficient (Wildman–Crippen LogP) is -0.989. The van der Waals surface area contributed by atoms with Crippen LogP contribution in [-0.2, 0) is 14.1 Å². The van der Waals surface area contributed by atoms with Gasteiger partial charge in [0.15, 0.2) is 16.3 Å². The molecular weight excluding hydrogens is 242 g/mol. The Balaban J connectivity index is 2.69. The highest BCUT2D eigenvalue weighted by Gasteiger charge is 2.13. The number of H-pyrrole nitrogens is 1. The maximum Gasteiger partial charge on any atom is 0.332 e. The summed E-state index contributed by atoms with van der Waals surface area (Å²) in [6, 6.07) is 0. The van der Waals surface area contributed by atoms with Crippen LogP contribution in [0.5, 0.6) is 0 Å². The molecule has 17 heavy (non-hydrogen) atoms. The standard InChI is InChI=1S/C9H13N5O2S/c1-13-6-5(7(15)14(2)9(13)16)11-8(12-6)17-4-3-10/h3-4,10H2,1-2H3,(H,11,12). The molecule has 0 aliphatic heterocycles. The monoisotopic (exact) mass is 255 g/mol. The highest BCUT2D eigenvalue weighted by molar-refractivity contribution is 7.99. The number of nitrogens with zero attached hydrogens (tertiary/aromatic N) is 3. The molecule has 92 valence electrons. The first-order valence-corrected chi connectivity index (χ1v) is 6.03. The van der Waals surface area contributed by atoms with Crippen molar-refractivity contribution < 1.29 is 0 Å². The second kappa shape index (κ2) is 4.38. The average Bonchev–Trinajstić information content (AvgIpc) is 2.75. The molecule has 0 fully saturated rings. The number of nitrogens with one attached hydrogen (secondary N) is 1. The quantitative estimate of drug-likeness (QED) is 0.686. The molecule has 0 aromatic carbocycles. The van der Waals surface area contributed by atoms with E-state index in [-0.39, 0.29) is 11.2 Å². The fourth-order valence-electron chi connectivity index (χ4n) is 1.53. The van der Waals surface area contributed by atoms with Crippen molar-refractivity contribution in [3.8, 4) is 0 Å². The molecule has 0 bridgehead atoms. The van der Waals surface area contributed by atoms with Crippen LogP contribution >= 0.6 is 11.8 Å². The van der Waals surface area contributed by atoms with E-state index in [9.17, 15) is 9.59 Å². The summed E-state index contributed by atoms with van der Waals surface area (Å²) in [6.45, 7) is 0.526. The van der Waals surface area contributed by atoms with Gasteiger partial charge in [-0.2, -0.15) is 0 Å². The Morgan fingerprint density at radius 1 is 1.35 bits per heavy atom. The van der Waals surface area contributed by atoms with Crippen LogP contribution < -0.4 is 17.0 Å². The van der Waals surface area contributed by atoms with Crippen molar-refractivity contribution in [3.05, 3.63) is 20.8 Å². The van der Waals surface area contributed by atoms with Crippen molar-refractivity contribution in [2.75, 3.05) is 12.3 Å². The van der Waals surface area contributed by atoms with Gasteiger partial charge in [0.05, 0.1) is 0 Å². The predicted molar refractivity (Wildman–Crippen MR) is 66.4 cm³/mol. The number of hydrogen-bond acceptors (Lipinski definition) is 5. The number of nitrogens with two attached hydrogens (primary N) is 1. The summed E-state index contributed by atoms with van der Waals surface area (Å²) in [5, 5.41) is 0.601. The minimum Gasteiger partial charge on any atom is -0.330 e. The lowest BCUT2D eigenvalue weighted by molar-refractivity contribution is 0.708. The van der Waals surface area contributed by atoms with E-state index >= 15 is 0 Å². The number of imidazole rings is 1. The lowest BCUT2D eigenvalue weighted by Crippen LogP contribution is -2.36. The lowest BCUT2D eigenvalue weighted by Gasteiger charge is -2.00. The van der Waals surface area contributed by atoms with Crippen molar-refractivity contribution in [1.29, 1.82) is 0 Å². The molecule has 0 amide bonds. The van der Waals surface area contributed by atoms with Gasteiger partial charge in [-0.15, -0.1) is 0 Å². The highest BCUT2D eigenvalue weighted by atomic mass is 32.2. The second-order valence-electron chi connectivity index (χ2n) is 3.58. The molecule has 3 N–H and O–H groups in total. The molecule has 2 aromatic rings. The first kappa shape index (κ1) is 11.9. The molecule has 8 heteroatoms. The largest absolute Gasteiger partial charge is 0.332 e. The van der Waals surface area contributed by atoms with Crippen molar-refractivity contribution in [1.82, 2.24) is 19.1 Å². The lowest BCUT2D eigenvalue weighted by atomic mass is 10.5. The molecule has 2 rings (SSSR count). The van der Waals surface area contributed by atoms with Gasteiger partial charge in [0.2, 0.25) is 0 Å². The van der Waals surface area contributed by atoms with Gasteiger partial charge in [0, 0.05) is 26.4 Å². The molecule has 0 unspecified atom stereocenters. The summed E-state index contributed by atoms with van der Waals surface area (Å²) in [7, 11) is 3.03. The SMILES string of the molecule is Cn1c(=O)c2[nH]c(SCCN)nc2n(C)c1=O. The zero-order valence-corrected chi connectivity index (χ0v) is 10.4. The van der Waals surface area contributed by atoms with E-state index in [1.54, 1.807) is 7.05 Å². The van der Waals surface area contributed by atoms with E-state index in [1.165, 1.54) is 23.4 Å². The number of aryl methyl sites for hydroxylation is 1. The first-order valence-electron chi connectivity index (χ1n) is 5.05. The van der Waals surface area contributed by atoms with E-state index in [4.69, 9.17) is 5.73 Å². The fraction of sp³-hybridized carbons (Fsp3) is 0.444. The third kappa shape index (κ3) is 1.89. The number of aromatic amines is 1. The van der Waals surface area contributed by atoms with E-state index in [0.29, 0.717) is 28.6 Å². The molecule has 0 saturated heterocycles. The molecule has 2 heterocycles. The Hall–Kier alpha value is -1.54. The number of rotatable bonds is 3. The topological polar surface area (TPSA) is 98.7 Å². The summed E-state index contributed by atoms with van der Waals surface area (Å²) in [5.74, 6) is 0.702. The minimum atomic E-state index is -0.385. The van der Waals surface area contributed by atoms with Crippen LogP contribution in [0, 0.1) is 0 Å². The third-order valence-electron chi connectivity index (χ3n) is 2.43. The first-order chi connectivity index (χ1) is 8.06. The van der Waals surface area contributed by atoms with Gasteiger partial charge in [-0.1, -0.05) is 11.8 Å². The van der Waals surface area contributed by atoms with E-state index < -0.39 is 0 Å². The third-order valence-corrected chi connectivity index (χ3v) is 3.34. The number of thioether (sulfide) groups is 1. The molecule has 0 saturated carbocycles. The van der Waals surface area contributed by atoms with Gasteiger partial charge < -0.3 is 10.7 Å². The van der Waals surface area contributed by atoms with Crippen molar-refractivity contribution in [2.24, 2.45) is 19.8 Å². The average molecular weight is 255 g/mol. The van der Waals surface area contributed by atoms with Gasteiger partial charge in [-0.05, 0) is 0 Å². The van der Waals surface area contributed by atoms with Gasteiger partial charge in [-0.3, -0.25) is 13.9 Å². The Morgan fingerprint density at radius 2 is 2.06 bits per heavy atom. The molecular formula is C9H13N5O2S. The summed E-state index contributed by atoms with van der Waals surface area (Å²) < 4.78 is 2.40. The summed E-state index contributed by atoms with van der Waals surface area (Å²) >= 11 is 1.42. The fourth-order valence-corrected chi connectivity index (χ4v) is 2.17. The Bertz CT molecular complexity index is 668. The zero-order valence-electron chi connectivity index (χ0n) is 9.56. The number of aromatic nitrogens is 4. The maximum atomic E-state index is 11.8. The minimum absolute atomic E-state index is 0.342. The summed E-state index contributed by atoms with van der Waals surface area (Å²) in [6.07, 6.45) is 0. The number of fused-ring (bicyclic) bond motifs is 1. The smallest absolute Gasteiger partial charge is 0.330 e. The van der Waals surface area contributed by atoms with Crippen molar-refractivity contribution >= 4 is 22.9 Å². The number of hydrogen-bond donors (Lipinski definition) is 2. The molecule has 0 aliphatic rings. The van der Waals surface area contributed by atoms with Crippen molar-refractivity contribution in [3.63, 3.8) is 0 Å². The zero-order chi connectivity index (χ0) is 12.6. The Labute approximate surface area is 101 Å². The second-order valence-corrected chi connectivity index (χ2v) is 4.67. The highest BCUT2D eigenvalue weighted by Crippen LogP contribution is 2.15. The molecule has 0 spiro atoms. The molecule has 0 radical (unpaired) electrons. The van der Waals surface area contributed by atoms with E-state index in [0.717, 1.165) is 4.57 Å². The van der Waals surface area contributed by atoms with Gasteiger partial charge in [0.1, 0.15) is 0 Å². The molecule has 2 aromatic heterocycles. The van der Waals surface area contributed by atoms with Crippen LogP contribution in [0.25, 0.3) is 11.2 Å². The molecule has 0 aliphatic carbocycles. The van der Waals surface area contributed by atoms with Crippen molar-refractivity contribution in [2.45, 2.75) is 5.16 Å². The van der Waals surface area contributed by atoms with Gasteiger partial charge in [0.25, 0.3) is 5.56 Å². The molecule has 7 nitrogen and oxygen atoms in total. The van der Waals surface area contributed by atoms with Crippen LogP contribution in [0.1, 0.15) is 0 Å². The van der Waals surface area contributed by atoms with Gasteiger partial charge in [-0.25, -0.2) is 9.78 Å².